The Bertz CT molecular complexity index is 1550. The quantitative estimate of drug-likeness (QED) is 0.388. The van der Waals surface area contributed by atoms with Crippen molar-refractivity contribution in [1.29, 1.82) is 0 Å². The lowest BCUT2D eigenvalue weighted by Crippen LogP contribution is -2.57. The Hall–Kier alpha value is -4.25. The number of piperazine rings is 1. The van der Waals surface area contributed by atoms with Crippen molar-refractivity contribution < 1.29 is 9.15 Å². The fourth-order valence-electron chi connectivity index (χ4n) is 5.35. The number of nitrogens with zero attached hydrogens (tertiary/aromatic N) is 8. The third-order valence-electron chi connectivity index (χ3n) is 7.29. The third-order valence-corrected chi connectivity index (χ3v) is 7.29. The summed E-state index contributed by atoms with van der Waals surface area (Å²) in [6.45, 7) is 4.32. The first kappa shape index (κ1) is 22.0. The molecule has 0 aliphatic carbocycles. The average Bonchev–Trinajstić information content (AvgIpc) is 3.62. The number of hydrogen-bond acceptors (Lipinski definition) is 10. The van der Waals surface area contributed by atoms with Crippen LogP contribution in [0.2, 0.25) is 0 Å². The Kier molecular flexibility index (Phi) is 5.35. The highest BCUT2D eigenvalue weighted by Crippen LogP contribution is 2.28. The van der Waals surface area contributed by atoms with E-state index in [9.17, 15) is 0 Å². The largest absolute Gasteiger partial charge is 0.477 e. The number of piperidine rings is 1. The lowest BCUT2D eigenvalue weighted by atomic mass is 9.91. The molecule has 2 atom stereocenters. The molecule has 0 spiro atoms. The number of rotatable bonds is 5. The molecule has 0 bridgehead atoms. The number of ether oxygens (including phenoxy) is 1. The highest BCUT2D eigenvalue weighted by molar-refractivity contribution is 5.78. The van der Waals surface area contributed by atoms with Gasteiger partial charge in [-0.2, -0.15) is 19.5 Å². The van der Waals surface area contributed by atoms with Crippen LogP contribution >= 0.6 is 0 Å². The smallest absolute Gasteiger partial charge is 0.259 e. The number of furan rings is 1. The fourth-order valence-corrected chi connectivity index (χ4v) is 5.35. The minimum atomic E-state index is 0.260. The molecule has 2 saturated heterocycles. The predicted octanol–water partition coefficient (Wildman–Crippen LogP) is 2.89. The van der Waals surface area contributed by atoms with Crippen LogP contribution in [-0.2, 0) is 0 Å². The molecule has 6 heterocycles. The lowest BCUT2D eigenvalue weighted by Gasteiger charge is -2.46. The van der Waals surface area contributed by atoms with E-state index in [0.29, 0.717) is 47.8 Å². The second-order valence-corrected chi connectivity index (χ2v) is 9.70. The van der Waals surface area contributed by atoms with Crippen molar-refractivity contribution in [3.63, 3.8) is 0 Å². The number of aromatic nitrogens is 6. The highest BCUT2D eigenvalue weighted by atomic mass is 16.5. The summed E-state index contributed by atoms with van der Waals surface area (Å²) in [6.07, 6.45) is 3.80. The summed E-state index contributed by atoms with van der Waals surface area (Å²) >= 11 is 0. The van der Waals surface area contributed by atoms with E-state index in [1.165, 1.54) is 4.52 Å². The van der Waals surface area contributed by atoms with Crippen LogP contribution in [0.1, 0.15) is 12.8 Å². The van der Waals surface area contributed by atoms with E-state index in [1.807, 2.05) is 24.3 Å². The molecule has 0 unspecified atom stereocenters. The molecule has 37 heavy (non-hydrogen) atoms. The second kappa shape index (κ2) is 9.00. The third kappa shape index (κ3) is 4.20. The molecule has 2 aliphatic rings. The molecular weight excluding hydrogens is 470 g/mol. The van der Waals surface area contributed by atoms with Crippen molar-refractivity contribution in [3.8, 4) is 17.5 Å². The van der Waals surface area contributed by atoms with Gasteiger partial charge in [-0.1, -0.05) is 18.2 Å². The molecule has 7 rings (SSSR count). The fraction of sp³-hybridized carbons (Fsp3) is 0.346. The average molecular weight is 498 g/mol. The van der Waals surface area contributed by atoms with E-state index in [2.05, 4.69) is 47.0 Å². The first-order chi connectivity index (χ1) is 18.2. The molecule has 2 fully saturated rings. The standard InChI is InChI=1S/C26H27N9O2/c27-24-30-25(31-26-29-23(32-35(24)26)21-6-3-13-36-21)34-12-11-33-14-17(7-9-19(33)15-34)16-37-22-10-8-18-4-1-2-5-20(18)28-22/h1-6,8,10,13,17,19H,7,9,11-12,14-16H2,(H2,27,29,30,31,32)/t17-,19+/m1/s1. The van der Waals surface area contributed by atoms with Crippen LogP contribution in [0.5, 0.6) is 5.88 Å². The number of nitrogens with two attached hydrogens (primary N) is 1. The van der Waals surface area contributed by atoms with Crippen LogP contribution in [0.15, 0.2) is 59.2 Å². The van der Waals surface area contributed by atoms with Gasteiger partial charge in [0.2, 0.25) is 23.6 Å². The Morgan fingerprint density at radius 2 is 1.89 bits per heavy atom. The summed E-state index contributed by atoms with van der Waals surface area (Å²) in [7, 11) is 0. The normalized spacial score (nSPS) is 20.4. The summed E-state index contributed by atoms with van der Waals surface area (Å²) in [5.41, 5.74) is 7.18. The van der Waals surface area contributed by atoms with Crippen molar-refractivity contribution >= 4 is 28.6 Å². The minimum absolute atomic E-state index is 0.260. The SMILES string of the molecule is Nc1nc(N2CCN3C[C@H](COc4ccc5ccccc5n4)CC[C@H]3C2)nc2nc(-c3ccco3)nn12. The second-order valence-electron chi connectivity index (χ2n) is 9.70. The zero-order valence-electron chi connectivity index (χ0n) is 20.3. The number of pyridine rings is 1. The van der Waals surface area contributed by atoms with Crippen molar-refractivity contribution in [2.45, 2.75) is 18.9 Å². The number of anilines is 2. The molecule has 2 aliphatic heterocycles. The maximum absolute atomic E-state index is 6.21. The first-order valence-corrected chi connectivity index (χ1v) is 12.6. The zero-order chi connectivity index (χ0) is 24.8. The van der Waals surface area contributed by atoms with Gasteiger partial charge >= 0.3 is 0 Å². The maximum Gasteiger partial charge on any atom is 0.259 e. The molecule has 0 amide bonds. The Balaban J connectivity index is 0.996. The number of nitrogen functional groups attached to an aromatic ring is 1. The van der Waals surface area contributed by atoms with Crippen LogP contribution in [0.4, 0.5) is 11.9 Å². The summed E-state index contributed by atoms with van der Waals surface area (Å²) in [6, 6.07) is 16.2. The molecule has 0 radical (unpaired) electrons. The lowest BCUT2D eigenvalue weighted by molar-refractivity contribution is 0.0716. The Morgan fingerprint density at radius 3 is 2.81 bits per heavy atom. The highest BCUT2D eigenvalue weighted by Gasteiger charge is 2.34. The molecule has 4 aromatic heterocycles. The first-order valence-electron chi connectivity index (χ1n) is 12.6. The summed E-state index contributed by atoms with van der Waals surface area (Å²) in [4.78, 5) is 23.1. The molecule has 5 aromatic rings. The predicted molar refractivity (Wildman–Crippen MR) is 138 cm³/mol. The topological polar surface area (TPSA) is 124 Å². The van der Waals surface area contributed by atoms with E-state index in [1.54, 1.807) is 18.4 Å². The Morgan fingerprint density at radius 1 is 0.946 bits per heavy atom. The van der Waals surface area contributed by atoms with E-state index in [4.69, 9.17) is 14.9 Å². The van der Waals surface area contributed by atoms with Crippen LogP contribution in [0, 0.1) is 5.92 Å². The Labute approximate surface area is 212 Å². The van der Waals surface area contributed by atoms with Gasteiger partial charge in [0.25, 0.3) is 5.78 Å². The molecule has 188 valence electrons. The van der Waals surface area contributed by atoms with Crippen LogP contribution in [0.25, 0.3) is 28.3 Å². The van der Waals surface area contributed by atoms with E-state index >= 15 is 0 Å². The van der Waals surface area contributed by atoms with Crippen LogP contribution in [-0.4, -0.2) is 73.3 Å². The van der Waals surface area contributed by atoms with Gasteiger partial charge < -0.3 is 19.8 Å². The van der Waals surface area contributed by atoms with Gasteiger partial charge in [0.05, 0.1) is 18.4 Å². The summed E-state index contributed by atoms with van der Waals surface area (Å²) in [5, 5.41) is 5.51. The number of benzene rings is 1. The molecule has 11 nitrogen and oxygen atoms in total. The van der Waals surface area contributed by atoms with Crippen molar-refractivity contribution in [3.05, 3.63) is 54.8 Å². The molecule has 1 aromatic carbocycles. The van der Waals surface area contributed by atoms with Crippen LogP contribution < -0.4 is 15.4 Å². The van der Waals surface area contributed by atoms with Crippen molar-refractivity contribution in [2.24, 2.45) is 5.92 Å². The minimum Gasteiger partial charge on any atom is -0.477 e. The number of fused-ring (bicyclic) bond motifs is 3. The van der Waals surface area contributed by atoms with E-state index in [0.717, 1.165) is 49.9 Å². The van der Waals surface area contributed by atoms with Gasteiger partial charge in [-0.05, 0) is 37.1 Å². The summed E-state index contributed by atoms with van der Waals surface area (Å²) in [5.74, 6) is 3.45. The van der Waals surface area contributed by atoms with Crippen LogP contribution in [0.3, 0.4) is 0 Å². The maximum atomic E-state index is 6.21. The summed E-state index contributed by atoms with van der Waals surface area (Å²) < 4.78 is 13.0. The molecule has 0 saturated carbocycles. The molecular formula is C26H27N9O2. The molecule has 11 heteroatoms. The zero-order valence-corrected chi connectivity index (χ0v) is 20.3. The monoisotopic (exact) mass is 497 g/mol. The van der Waals surface area contributed by atoms with Gasteiger partial charge in [-0.15, -0.1) is 5.10 Å². The van der Waals surface area contributed by atoms with E-state index in [-0.39, 0.29) is 5.95 Å². The van der Waals surface area contributed by atoms with Gasteiger partial charge in [0, 0.05) is 49.6 Å². The van der Waals surface area contributed by atoms with Crippen molar-refractivity contribution in [2.75, 3.05) is 43.4 Å². The number of para-hydroxylation sites is 1. The van der Waals surface area contributed by atoms with Crippen molar-refractivity contribution in [1.82, 2.24) is 34.4 Å². The van der Waals surface area contributed by atoms with E-state index < -0.39 is 0 Å². The molecule has 2 N–H and O–H groups in total. The van der Waals surface area contributed by atoms with Gasteiger partial charge in [-0.3, -0.25) is 4.90 Å². The van der Waals surface area contributed by atoms with Gasteiger partial charge in [0.15, 0.2) is 5.76 Å². The number of hydrogen-bond donors (Lipinski definition) is 1. The van der Waals surface area contributed by atoms with Gasteiger partial charge in [0.1, 0.15) is 0 Å². The van der Waals surface area contributed by atoms with Gasteiger partial charge in [-0.25, -0.2) is 4.98 Å².